The first-order chi connectivity index (χ1) is 13.2. The van der Waals surface area contributed by atoms with Crippen LogP contribution in [0.15, 0.2) is 33.0 Å². The normalized spacial score (nSPS) is 13.2. The van der Waals surface area contributed by atoms with Gasteiger partial charge in [0.05, 0.1) is 17.7 Å². The number of allylic oxidation sites excluding steroid dienone is 1. The Kier molecular flexibility index (Phi) is 6.67. The molecule has 0 radical (unpaired) electrons. The molecule has 1 amide bonds. The molecule has 0 aliphatic carbocycles. The summed E-state index contributed by atoms with van der Waals surface area (Å²) in [5, 5.41) is 2.88. The highest BCUT2D eigenvalue weighted by Crippen LogP contribution is 2.35. The van der Waals surface area contributed by atoms with Crippen LogP contribution in [0, 0.1) is 0 Å². The van der Waals surface area contributed by atoms with Gasteiger partial charge >= 0.3 is 6.02 Å². The molecule has 0 unspecified atom stereocenters. The number of hydrogen-bond acceptors (Lipinski definition) is 8. The maximum Gasteiger partial charge on any atom is 0.317 e. The van der Waals surface area contributed by atoms with Crippen LogP contribution in [0.25, 0.3) is 11.2 Å². The molecule has 0 saturated heterocycles. The number of aromatic nitrogens is 4. The number of carbonyl (C=O) groups excluding carboxylic acids is 1. The van der Waals surface area contributed by atoms with Crippen molar-refractivity contribution in [2.24, 2.45) is 9.98 Å². The van der Waals surface area contributed by atoms with Gasteiger partial charge in [0.2, 0.25) is 11.9 Å². The van der Waals surface area contributed by atoms with E-state index in [4.69, 9.17) is 10.5 Å². The lowest BCUT2D eigenvalue weighted by Gasteiger charge is -2.22. The first-order valence-electron chi connectivity index (χ1n) is 8.19. The van der Waals surface area contributed by atoms with E-state index in [1.807, 2.05) is 0 Å². The average molecular weight is 408 g/mol. The summed E-state index contributed by atoms with van der Waals surface area (Å²) < 4.78 is 17.9. The van der Waals surface area contributed by atoms with Crippen LogP contribution in [-0.2, 0) is 9.53 Å². The van der Waals surface area contributed by atoms with Gasteiger partial charge in [0.1, 0.15) is 16.4 Å². The molecule has 0 bridgehead atoms. The highest BCUT2D eigenvalue weighted by molar-refractivity contribution is 8.01. The molecule has 4 N–H and O–H groups in total. The molecule has 2 heterocycles. The highest BCUT2D eigenvalue weighted by Gasteiger charge is 2.32. The molecule has 2 aromatic heterocycles. The predicted molar refractivity (Wildman–Crippen MR) is 107 cm³/mol. The van der Waals surface area contributed by atoms with Gasteiger partial charge in [-0.2, -0.15) is 9.98 Å². The molecule has 0 aliphatic heterocycles. The van der Waals surface area contributed by atoms with Crippen molar-refractivity contribution in [2.45, 2.75) is 37.5 Å². The minimum Gasteiger partial charge on any atom is -0.464 e. The van der Waals surface area contributed by atoms with Crippen LogP contribution in [0.3, 0.4) is 0 Å². The number of aliphatic imine (C=N–C) groups is 2. The van der Waals surface area contributed by atoms with E-state index in [1.54, 1.807) is 20.8 Å². The average Bonchev–Trinajstić information content (AvgIpc) is 3.08. The van der Waals surface area contributed by atoms with Crippen molar-refractivity contribution in [3.8, 4) is 0 Å². The number of imidazole rings is 1. The number of carbonyl (C=O) groups is 1. The number of hydrogen-bond donors (Lipinski definition) is 3. The molecular weight excluding hydrogens is 387 g/mol. The minimum atomic E-state index is -1.07. The Morgan fingerprint density at radius 3 is 2.82 bits per heavy atom. The predicted octanol–water partition coefficient (Wildman–Crippen LogP) is 2.17. The van der Waals surface area contributed by atoms with Gasteiger partial charge in [-0.25, -0.2) is 19.4 Å². The summed E-state index contributed by atoms with van der Waals surface area (Å²) >= 11 is 1.12. The summed E-state index contributed by atoms with van der Waals surface area (Å²) in [7, 11) is 0. The zero-order chi connectivity index (χ0) is 20.9. The van der Waals surface area contributed by atoms with Crippen molar-refractivity contribution in [1.29, 1.82) is 0 Å². The van der Waals surface area contributed by atoms with E-state index < -0.39 is 16.5 Å². The first kappa shape index (κ1) is 21.3. The van der Waals surface area contributed by atoms with Crippen molar-refractivity contribution in [1.82, 2.24) is 25.3 Å². The monoisotopic (exact) mass is 408 g/mol. The molecule has 0 aliphatic rings. The number of halogens is 1. The fraction of sp³-hybridized carbons (Fsp3) is 0.375. The molecular formula is C16H21FN8O2S. The van der Waals surface area contributed by atoms with E-state index in [2.05, 4.69) is 42.0 Å². The van der Waals surface area contributed by atoms with Crippen molar-refractivity contribution in [3.63, 3.8) is 0 Å². The van der Waals surface area contributed by atoms with Gasteiger partial charge < -0.3 is 20.8 Å². The number of anilines is 1. The number of rotatable bonds is 6. The van der Waals surface area contributed by atoms with Gasteiger partial charge in [0, 0.05) is 0 Å². The van der Waals surface area contributed by atoms with Crippen molar-refractivity contribution in [3.05, 3.63) is 18.0 Å². The largest absolute Gasteiger partial charge is 0.464 e. The first-order valence-corrected chi connectivity index (χ1v) is 9.01. The molecule has 2 aromatic rings. The Morgan fingerprint density at radius 2 is 2.21 bits per heavy atom. The van der Waals surface area contributed by atoms with Crippen LogP contribution in [0.2, 0.25) is 0 Å². The Bertz CT molecular complexity index is 949. The van der Waals surface area contributed by atoms with Crippen molar-refractivity contribution in [2.75, 3.05) is 12.3 Å². The van der Waals surface area contributed by atoms with E-state index in [9.17, 15) is 9.18 Å². The van der Waals surface area contributed by atoms with Crippen LogP contribution in [0.4, 0.5) is 10.3 Å². The summed E-state index contributed by atoms with van der Waals surface area (Å²) in [6.07, 6.45) is 1.45. The minimum absolute atomic E-state index is 0.0292. The van der Waals surface area contributed by atoms with Crippen LogP contribution >= 0.6 is 11.8 Å². The molecule has 2 rings (SSSR count). The summed E-state index contributed by atoms with van der Waals surface area (Å²) in [5.74, 6) is -1.51. The SMILES string of the molecule is C=NC(=N/C(NC(=O)C(C)(C)Sc1nc(N)nc2nc[nH]c12)=C(\C)F)OCC. The van der Waals surface area contributed by atoms with E-state index in [0.29, 0.717) is 16.2 Å². The number of amides is 1. The summed E-state index contributed by atoms with van der Waals surface area (Å²) in [6.45, 7) is 9.75. The fourth-order valence-electron chi connectivity index (χ4n) is 1.97. The third-order valence-electron chi connectivity index (χ3n) is 3.34. The lowest BCUT2D eigenvalue weighted by molar-refractivity contribution is -0.122. The van der Waals surface area contributed by atoms with E-state index in [-0.39, 0.29) is 24.4 Å². The number of nitrogens with one attached hydrogen (secondary N) is 2. The second kappa shape index (κ2) is 8.78. The second-order valence-corrected chi connectivity index (χ2v) is 7.53. The molecule has 150 valence electrons. The number of amidine groups is 1. The number of thioether (sulfide) groups is 1. The molecule has 0 atom stereocenters. The molecule has 12 heteroatoms. The van der Waals surface area contributed by atoms with Gasteiger partial charge in [-0.05, 0) is 34.4 Å². The Labute approximate surface area is 165 Å². The fourth-order valence-corrected chi connectivity index (χ4v) is 2.99. The molecule has 28 heavy (non-hydrogen) atoms. The number of nitrogens with two attached hydrogens (primary N) is 1. The highest BCUT2D eigenvalue weighted by atomic mass is 32.2. The number of ether oxygens (including phenoxy) is 1. The zero-order valence-electron chi connectivity index (χ0n) is 15.9. The van der Waals surface area contributed by atoms with Crippen molar-refractivity contribution >= 4 is 47.5 Å². The lowest BCUT2D eigenvalue weighted by Crippen LogP contribution is -2.39. The number of nitrogens with zero attached hydrogens (tertiary/aromatic N) is 5. The third kappa shape index (κ3) is 5.03. The number of aromatic amines is 1. The maximum absolute atomic E-state index is 13.9. The van der Waals surface area contributed by atoms with E-state index in [1.165, 1.54) is 6.33 Å². The van der Waals surface area contributed by atoms with E-state index >= 15 is 0 Å². The molecule has 0 saturated carbocycles. The number of fused-ring (bicyclic) bond motifs is 1. The van der Waals surface area contributed by atoms with E-state index in [0.717, 1.165) is 18.7 Å². The topological polar surface area (TPSA) is 144 Å². The van der Waals surface area contributed by atoms with Gasteiger partial charge in [-0.15, -0.1) is 0 Å². The standard InChI is InChI=1S/C16H21FN8O2S/c1-6-27-15(19-5)24-10(8(2)17)22-13(26)16(3,4)28-12-9-11(21-7-20-9)23-14(18)25-12/h7H,5-6H2,1-4H3,(H,22,26)(H3,18,20,21,23,25)/b10-8+,24-15?. The third-order valence-corrected chi connectivity index (χ3v) is 4.53. The Hall–Kier alpha value is -3.02. The summed E-state index contributed by atoms with van der Waals surface area (Å²) in [5.41, 5.74) is 6.63. The van der Waals surface area contributed by atoms with Crippen molar-refractivity contribution < 1.29 is 13.9 Å². The number of H-pyrrole nitrogens is 1. The van der Waals surface area contributed by atoms with Crippen LogP contribution in [-0.4, -0.2) is 49.9 Å². The second-order valence-electron chi connectivity index (χ2n) is 5.92. The molecule has 10 nitrogen and oxygen atoms in total. The smallest absolute Gasteiger partial charge is 0.317 e. The lowest BCUT2D eigenvalue weighted by atomic mass is 10.2. The van der Waals surface area contributed by atoms with Crippen LogP contribution < -0.4 is 11.1 Å². The van der Waals surface area contributed by atoms with Crippen LogP contribution in [0.1, 0.15) is 27.7 Å². The number of nitrogen functional groups attached to an aromatic ring is 1. The zero-order valence-corrected chi connectivity index (χ0v) is 16.7. The summed E-state index contributed by atoms with van der Waals surface area (Å²) in [6, 6.07) is -0.150. The van der Waals surface area contributed by atoms with Crippen LogP contribution in [0.5, 0.6) is 0 Å². The quantitative estimate of drug-likeness (QED) is 0.287. The maximum atomic E-state index is 13.9. The van der Waals surface area contributed by atoms with Gasteiger partial charge in [0.15, 0.2) is 11.5 Å². The van der Waals surface area contributed by atoms with Gasteiger partial charge in [0.25, 0.3) is 0 Å². The Morgan fingerprint density at radius 1 is 1.50 bits per heavy atom. The Balaban J connectivity index is 2.26. The van der Waals surface area contributed by atoms with Gasteiger partial charge in [-0.3, -0.25) is 4.79 Å². The molecule has 0 aromatic carbocycles. The summed E-state index contributed by atoms with van der Waals surface area (Å²) in [4.78, 5) is 35.3. The van der Waals surface area contributed by atoms with Gasteiger partial charge in [-0.1, -0.05) is 11.8 Å². The molecule has 0 fully saturated rings. The molecule has 0 spiro atoms.